The number of thioether (sulfide) groups is 1. The zero-order valence-corrected chi connectivity index (χ0v) is 11.4. The molecule has 1 N–H and O–H groups in total. The molecule has 2 rings (SSSR count). The number of hydrogen-bond acceptors (Lipinski definition) is 5. The fourth-order valence-electron chi connectivity index (χ4n) is 1.50. The molecule has 0 aliphatic heterocycles. The summed E-state index contributed by atoms with van der Waals surface area (Å²) >= 11 is 1.66. The van der Waals surface area contributed by atoms with E-state index in [9.17, 15) is 4.39 Å². The number of aliphatic hydroxyl groups is 1. The summed E-state index contributed by atoms with van der Waals surface area (Å²) in [6, 6.07) is 5.93. The van der Waals surface area contributed by atoms with E-state index in [1.54, 1.807) is 23.9 Å². The molecule has 0 amide bonds. The Kier molecular flexibility index (Phi) is 4.93. The monoisotopic (exact) mass is 282 g/mol. The predicted molar refractivity (Wildman–Crippen MR) is 72.2 cm³/mol. The van der Waals surface area contributed by atoms with Gasteiger partial charge in [0.2, 0.25) is 0 Å². The molecule has 0 aliphatic carbocycles. The highest BCUT2D eigenvalue weighted by Gasteiger charge is 2.10. The van der Waals surface area contributed by atoms with Gasteiger partial charge in [0.1, 0.15) is 5.82 Å². The van der Waals surface area contributed by atoms with Gasteiger partial charge in [-0.25, -0.2) is 4.39 Å². The second kappa shape index (κ2) is 6.68. The van der Waals surface area contributed by atoms with Crippen LogP contribution in [0, 0.1) is 5.82 Å². The van der Waals surface area contributed by atoms with Crippen molar-refractivity contribution in [1.82, 2.24) is 10.1 Å². The van der Waals surface area contributed by atoms with Gasteiger partial charge in [-0.05, 0) is 30.7 Å². The molecule has 1 atom stereocenters. The Labute approximate surface area is 115 Å². The Morgan fingerprint density at radius 1 is 1.37 bits per heavy atom. The topological polar surface area (TPSA) is 59.2 Å². The molecule has 0 radical (unpaired) electrons. The molecule has 1 heterocycles. The fourth-order valence-corrected chi connectivity index (χ4v) is 2.33. The molecule has 1 aromatic carbocycles. The maximum absolute atomic E-state index is 12.8. The Bertz CT molecular complexity index is 516. The molecule has 0 aliphatic rings. The van der Waals surface area contributed by atoms with Crippen LogP contribution in [0.15, 0.2) is 28.8 Å². The maximum Gasteiger partial charge on any atom is 0.257 e. The van der Waals surface area contributed by atoms with E-state index in [2.05, 4.69) is 10.1 Å². The van der Waals surface area contributed by atoms with E-state index in [1.165, 1.54) is 12.1 Å². The number of nitrogens with zero attached hydrogens (tertiary/aromatic N) is 2. The average Bonchev–Trinajstić information content (AvgIpc) is 2.86. The Morgan fingerprint density at radius 3 is 2.79 bits per heavy atom. The van der Waals surface area contributed by atoms with Gasteiger partial charge in [0.05, 0.1) is 5.75 Å². The van der Waals surface area contributed by atoms with E-state index in [4.69, 9.17) is 9.63 Å². The minimum atomic E-state index is -0.295. The quantitative estimate of drug-likeness (QED) is 0.882. The number of aromatic nitrogens is 2. The smallest absolute Gasteiger partial charge is 0.257 e. The highest BCUT2D eigenvalue weighted by atomic mass is 32.2. The van der Waals surface area contributed by atoms with Crippen LogP contribution >= 0.6 is 11.8 Å². The van der Waals surface area contributed by atoms with Gasteiger partial charge in [0.15, 0.2) is 5.82 Å². The summed E-state index contributed by atoms with van der Waals surface area (Å²) in [7, 11) is 0. The van der Waals surface area contributed by atoms with Gasteiger partial charge in [-0.15, -0.1) is 0 Å². The van der Waals surface area contributed by atoms with E-state index in [0.29, 0.717) is 28.3 Å². The molecule has 4 nitrogen and oxygen atoms in total. The van der Waals surface area contributed by atoms with Crippen molar-refractivity contribution < 1.29 is 14.0 Å². The minimum Gasteiger partial charge on any atom is -0.396 e. The van der Waals surface area contributed by atoms with Crippen molar-refractivity contribution in [2.24, 2.45) is 0 Å². The Balaban J connectivity index is 1.97. The molecular formula is C13H15FN2O2S. The van der Waals surface area contributed by atoms with Crippen LogP contribution in [0.3, 0.4) is 0 Å². The number of rotatable bonds is 6. The predicted octanol–water partition coefficient (Wildman–Crippen LogP) is 2.88. The van der Waals surface area contributed by atoms with E-state index in [-0.39, 0.29) is 12.4 Å². The summed E-state index contributed by atoms with van der Waals surface area (Å²) in [5.41, 5.74) is 0.702. The number of benzene rings is 1. The molecule has 2 aromatic rings. The lowest BCUT2D eigenvalue weighted by atomic mass is 10.2. The third kappa shape index (κ3) is 4.04. The van der Waals surface area contributed by atoms with Crippen LogP contribution in [0.5, 0.6) is 0 Å². The number of halogens is 1. The first-order valence-corrected chi connectivity index (χ1v) is 7.05. The standard InChI is InChI=1S/C13H15FN2O2S/c1-9(6-7-17)19-8-12-15-13(18-16-12)10-2-4-11(14)5-3-10/h2-5,9,17H,6-8H2,1H3. The maximum atomic E-state index is 12.8. The third-order valence-corrected chi connectivity index (χ3v) is 3.82. The zero-order valence-electron chi connectivity index (χ0n) is 10.5. The largest absolute Gasteiger partial charge is 0.396 e. The van der Waals surface area contributed by atoms with E-state index in [1.807, 2.05) is 6.92 Å². The Hall–Kier alpha value is -1.40. The molecule has 0 saturated heterocycles. The van der Waals surface area contributed by atoms with Crippen molar-refractivity contribution in [3.8, 4) is 11.5 Å². The van der Waals surface area contributed by atoms with Gasteiger partial charge in [0, 0.05) is 17.4 Å². The van der Waals surface area contributed by atoms with Crippen LogP contribution < -0.4 is 0 Å². The number of hydrogen-bond donors (Lipinski definition) is 1. The van der Waals surface area contributed by atoms with Crippen molar-refractivity contribution >= 4 is 11.8 Å². The summed E-state index contributed by atoms with van der Waals surface area (Å²) in [5.74, 6) is 1.34. The SMILES string of the molecule is CC(CCO)SCc1noc(-c2ccc(F)cc2)n1. The van der Waals surface area contributed by atoms with Crippen LogP contribution in [-0.2, 0) is 5.75 Å². The van der Waals surface area contributed by atoms with E-state index >= 15 is 0 Å². The summed E-state index contributed by atoms with van der Waals surface area (Å²) in [6.45, 7) is 2.23. The fraction of sp³-hybridized carbons (Fsp3) is 0.385. The summed E-state index contributed by atoms with van der Waals surface area (Å²) in [4.78, 5) is 4.26. The second-order valence-corrected chi connectivity index (χ2v) is 5.58. The summed E-state index contributed by atoms with van der Waals surface area (Å²) in [5, 5.41) is 13.0. The Morgan fingerprint density at radius 2 is 2.11 bits per heavy atom. The van der Waals surface area contributed by atoms with Crippen LogP contribution in [0.4, 0.5) is 4.39 Å². The molecule has 102 valence electrons. The van der Waals surface area contributed by atoms with Gasteiger partial charge in [0.25, 0.3) is 5.89 Å². The second-order valence-electron chi connectivity index (χ2n) is 4.16. The molecule has 0 bridgehead atoms. The lowest BCUT2D eigenvalue weighted by molar-refractivity contribution is 0.289. The highest BCUT2D eigenvalue weighted by molar-refractivity contribution is 7.99. The molecule has 19 heavy (non-hydrogen) atoms. The van der Waals surface area contributed by atoms with Gasteiger partial charge < -0.3 is 9.63 Å². The van der Waals surface area contributed by atoms with Crippen LogP contribution in [0.25, 0.3) is 11.5 Å². The molecule has 0 spiro atoms. The van der Waals surface area contributed by atoms with Gasteiger partial charge >= 0.3 is 0 Å². The zero-order chi connectivity index (χ0) is 13.7. The molecule has 0 saturated carbocycles. The molecular weight excluding hydrogens is 267 g/mol. The van der Waals surface area contributed by atoms with E-state index < -0.39 is 0 Å². The van der Waals surface area contributed by atoms with Gasteiger partial charge in [-0.1, -0.05) is 12.1 Å². The molecule has 1 unspecified atom stereocenters. The first-order valence-electron chi connectivity index (χ1n) is 6.00. The molecule has 6 heteroatoms. The highest BCUT2D eigenvalue weighted by Crippen LogP contribution is 2.21. The van der Waals surface area contributed by atoms with Crippen molar-refractivity contribution in [3.63, 3.8) is 0 Å². The average molecular weight is 282 g/mol. The lowest BCUT2D eigenvalue weighted by Crippen LogP contribution is -2.00. The summed E-state index contributed by atoms with van der Waals surface area (Å²) in [6.07, 6.45) is 0.743. The van der Waals surface area contributed by atoms with E-state index in [0.717, 1.165) is 6.42 Å². The van der Waals surface area contributed by atoms with Crippen molar-refractivity contribution in [2.45, 2.75) is 24.3 Å². The van der Waals surface area contributed by atoms with Gasteiger partial charge in [-0.2, -0.15) is 16.7 Å². The summed E-state index contributed by atoms with van der Waals surface area (Å²) < 4.78 is 17.9. The van der Waals surface area contributed by atoms with Crippen molar-refractivity contribution in [2.75, 3.05) is 6.61 Å². The first kappa shape index (κ1) is 14.0. The van der Waals surface area contributed by atoms with Crippen molar-refractivity contribution in [1.29, 1.82) is 0 Å². The lowest BCUT2D eigenvalue weighted by Gasteiger charge is -2.06. The normalized spacial score (nSPS) is 12.6. The molecule has 1 aromatic heterocycles. The third-order valence-electron chi connectivity index (χ3n) is 2.59. The van der Waals surface area contributed by atoms with Crippen LogP contribution in [0.2, 0.25) is 0 Å². The van der Waals surface area contributed by atoms with Crippen molar-refractivity contribution in [3.05, 3.63) is 35.9 Å². The minimum absolute atomic E-state index is 0.182. The number of aliphatic hydroxyl groups excluding tert-OH is 1. The molecule has 0 fully saturated rings. The first-order chi connectivity index (χ1) is 9.19. The van der Waals surface area contributed by atoms with Crippen LogP contribution in [0.1, 0.15) is 19.2 Å². The van der Waals surface area contributed by atoms with Gasteiger partial charge in [-0.3, -0.25) is 0 Å². The van der Waals surface area contributed by atoms with Crippen LogP contribution in [-0.4, -0.2) is 27.1 Å².